The second kappa shape index (κ2) is 5.67. The number of allylic oxidation sites excluding steroid dienone is 3. The van der Waals surface area contributed by atoms with Crippen molar-refractivity contribution in [2.24, 2.45) is 5.10 Å². The van der Waals surface area contributed by atoms with Crippen LogP contribution >= 0.6 is 0 Å². The minimum atomic E-state index is -4.39. The van der Waals surface area contributed by atoms with Crippen molar-refractivity contribution in [2.45, 2.75) is 37.1 Å². The van der Waals surface area contributed by atoms with Gasteiger partial charge in [0, 0.05) is 36.6 Å². The van der Waals surface area contributed by atoms with Crippen LogP contribution in [0.3, 0.4) is 0 Å². The molecule has 1 aromatic carbocycles. The third kappa shape index (κ3) is 2.56. The third-order valence-electron chi connectivity index (χ3n) is 4.73. The molecule has 1 N–H and O–H groups in total. The molecule has 2 aliphatic heterocycles. The topological polar surface area (TPSA) is 47.5 Å². The van der Waals surface area contributed by atoms with Gasteiger partial charge in [-0.1, -0.05) is 12.1 Å². The lowest BCUT2D eigenvalue weighted by Crippen LogP contribution is -2.19. The first-order valence-corrected chi connectivity index (χ1v) is 8.96. The van der Waals surface area contributed by atoms with Crippen molar-refractivity contribution < 1.29 is 17.7 Å². The van der Waals surface area contributed by atoms with E-state index in [1.54, 1.807) is 12.3 Å². The Morgan fingerprint density at radius 1 is 1.25 bits per heavy atom. The van der Waals surface area contributed by atoms with Gasteiger partial charge in [-0.25, -0.2) is 0 Å². The molecule has 0 fully saturated rings. The Bertz CT molecular complexity index is 782. The smallest absolute Gasteiger partial charge is 0.416 e. The number of alkyl halides is 3. The molecule has 7 heteroatoms. The molecule has 1 aliphatic carbocycles. The largest absolute Gasteiger partial charge is 0.611 e. The van der Waals surface area contributed by atoms with E-state index in [9.17, 15) is 17.7 Å². The fourth-order valence-corrected chi connectivity index (χ4v) is 5.32. The first-order valence-electron chi connectivity index (χ1n) is 7.75. The van der Waals surface area contributed by atoms with Crippen LogP contribution in [0.15, 0.2) is 51.1 Å². The highest BCUT2D eigenvalue weighted by Crippen LogP contribution is 2.50. The molecule has 3 nitrogen and oxygen atoms in total. The van der Waals surface area contributed by atoms with Crippen LogP contribution in [0.1, 0.15) is 42.1 Å². The number of nitrogens with zero attached hydrogens (tertiary/aromatic N) is 1. The molecule has 2 unspecified atom stereocenters. The van der Waals surface area contributed by atoms with Crippen molar-refractivity contribution in [2.75, 3.05) is 0 Å². The van der Waals surface area contributed by atoms with Crippen molar-refractivity contribution in [3.63, 3.8) is 0 Å². The monoisotopic (exact) mass is 352 g/mol. The molecule has 0 aromatic heterocycles. The molecule has 2 atom stereocenters. The van der Waals surface area contributed by atoms with Crippen LogP contribution in [0.5, 0.6) is 0 Å². The first-order chi connectivity index (χ1) is 11.4. The van der Waals surface area contributed by atoms with Gasteiger partial charge >= 0.3 is 6.18 Å². The van der Waals surface area contributed by atoms with E-state index in [1.165, 1.54) is 11.6 Å². The SMILES string of the molecule is [O-][S+]1C2=C(CC1c1cccc(C(F)(F)F)c1)C1=C(CC=NN1)CC2. The maximum absolute atomic E-state index is 12.9. The zero-order valence-corrected chi connectivity index (χ0v) is 13.5. The minimum absolute atomic E-state index is 0.420. The molecule has 24 heavy (non-hydrogen) atoms. The lowest BCUT2D eigenvalue weighted by molar-refractivity contribution is -0.137. The Hall–Kier alpha value is -1.73. The standard InChI is InChI=1S/C17H15F3N2OS/c18-17(19,20)12-3-1-2-11(8-12)15-9-13-14(24(15)23)5-4-10-6-7-21-22-16(10)13/h1-3,7-8,15,22H,4-6,9H2. The molecule has 0 radical (unpaired) electrons. The molecule has 0 saturated heterocycles. The van der Waals surface area contributed by atoms with Gasteiger partial charge in [0.15, 0.2) is 0 Å². The Balaban J connectivity index is 1.66. The molecule has 4 rings (SSSR count). The maximum atomic E-state index is 12.9. The number of hydrogen-bond donors (Lipinski definition) is 1. The molecule has 126 valence electrons. The van der Waals surface area contributed by atoms with Gasteiger partial charge < -0.3 is 4.55 Å². The molecule has 2 heterocycles. The fraction of sp³-hybridized carbons (Fsp3) is 0.353. The van der Waals surface area contributed by atoms with Crippen LogP contribution in [0.4, 0.5) is 13.2 Å². The molecule has 0 saturated carbocycles. The van der Waals surface area contributed by atoms with Crippen LogP contribution in [-0.4, -0.2) is 10.8 Å². The molecule has 0 amide bonds. The summed E-state index contributed by atoms with van der Waals surface area (Å²) in [7, 11) is 0. The van der Waals surface area contributed by atoms with Crippen LogP contribution in [-0.2, 0) is 17.4 Å². The maximum Gasteiger partial charge on any atom is 0.416 e. The van der Waals surface area contributed by atoms with E-state index in [4.69, 9.17) is 0 Å². The summed E-state index contributed by atoms with van der Waals surface area (Å²) in [5.74, 6) is 0. The molecule has 0 spiro atoms. The van der Waals surface area contributed by atoms with E-state index in [2.05, 4.69) is 10.5 Å². The van der Waals surface area contributed by atoms with E-state index >= 15 is 0 Å². The van der Waals surface area contributed by atoms with E-state index in [0.717, 1.165) is 41.1 Å². The Morgan fingerprint density at radius 3 is 2.88 bits per heavy atom. The zero-order valence-electron chi connectivity index (χ0n) is 12.7. The number of rotatable bonds is 1. The number of benzene rings is 1. The summed E-state index contributed by atoms with van der Waals surface area (Å²) in [6.07, 6.45) is 0.226. The number of hydrogen-bond acceptors (Lipinski definition) is 3. The van der Waals surface area contributed by atoms with Crippen LogP contribution < -0.4 is 5.43 Å². The first kappa shape index (κ1) is 15.8. The molecular weight excluding hydrogens is 337 g/mol. The number of hydrazone groups is 1. The van der Waals surface area contributed by atoms with Gasteiger partial charge in [-0.3, -0.25) is 5.43 Å². The molecule has 3 aliphatic rings. The van der Waals surface area contributed by atoms with E-state index in [-0.39, 0.29) is 0 Å². The van der Waals surface area contributed by atoms with Crippen molar-refractivity contribution in [1.82, 2.24) is 5.43 Å². The number of nitrogens with one attached hydrogen (secondary N) is 1. The van der Waals surface area contributed by atoms with Gasteiger partial charge in [0.2, 0.25) is 0 Å². The van der Waals surface area contributed by atoms with Gasteiger partial charge in [-0.2, -0.15) is 18.3 Å². The highest BCUT2D eigenvalue weighted by Gasteiger charge is 2.43. The fourth-order valence-electron chi connectivity index (χ4n) is 3.54. The van der Waals surface area contributed by atoms with Gasteiger partial charge in [-0.05, 0) is 35.3 Å². The second-order valence-electron chi connectivity index (χ2n) is 6.12. The summed E-state index contributed by atoms with van der Waals surface area (Å²) in [6.45, 7) is 0. The van der Waals surface area contributed by atoms with Crippen molar-refractivity contribution >= 4 is 17.4 Å². The zero-order chi connectivity index (χ0) is 16.9. The van der Waals surface area contributed by atoms with Gasteiger partial charge in [-0.15, -0.1) is 0 Å². The van der Waals surface area contributed by atoms with Crippen molar-refractivity contribution in [3.05, 3.63) is 57.1 Å². The van der Waals surface area contributed by atoms with Gasteiger partial charge in [0.05, 0.1) is 11.3 Å². The average Bonchev–Trinajstić information content (AvgIpc) is 2.92. The van der Waals surface area contributed by atoms with Crippen LogP contribution in [0, 0.1) is 0 Å². The van der Waals surface area contributed by atoms with E-state index in [0.29, 0.717) is 18.4 Å². The van der Waals surface area contributed by atoms with Crippen LogP contribution in [0.25, 0.3) is 0 Å². The lowest BCUT2D eigenvalue weighted by atomic mass is 9.90. The quantitative estimate of drug-likeness (QED) is 0.771. The summed E-state index contributed by atoms with van der Waals surface area (Å²) in [5, 5.41) is 3.66. The van der Waals surface area contributed by atoms with Crippen LogP contribution in [0.2, 0.25) is 0 Å². The van der Waals surface area contributed by atoms with E-state index < -0.39 is 28.2 Å². The van der Waals surface area contributed by atoms with Crippen molar-refractivity contribution in [3.8, 4) is 0 Å². The summed E-state index contributed by atoms with van der Waals surface area (Å²) >= 11 is -1.29. The predicted octanol–water partition coefficient (Wildman–Crippen LogP) is 4.18. The summed E-state index contributed by atoms with van der Waals surface area (Å²) in [4.78, 5) is 0.862. The lowest BCUT2D eigenvalue weighted by Gasteiger charge is -2.22. The van der Waals surface area contributed by atoms with Gasteiger partial charge in [0.25, 0.3) is 0 Å². The van der Waals surface area contributed by atoms with Gasteiger partial charge in [0.1, 0.15) is 10.2 Å². The highest BCUT2D eigenvalue weighted by atomic mass is 32.2. The molecular formula is C17H15F3N2OS. The third-order valence-corrected chi connectivity index (χ3v) is 6.62. The Morgan fingerprint density at radius 2 is 2.08 bits per heavy atom. The molecule has 0 bridgehead atoms. The number of fused-ring (bicyclic) bond motifs is 1. The summed E-state index contributed by atoms with van der Waals surface area (Å²) in [6, 6.07) is 5.20. The Kier molecular flexibility index (Phi) is 3.73. The average molecular weight is 352 g/mol. The van der Waals surface area contributed by atoms with E-state index in [1.807, 2.05) is 0 Å². The number of halogens is 3. The summed E-state index contributed by atoms with van der Waals surface area (Å²) < 4.78 is 51.7. The minimum Gasteiger partial charge on any atom is -0.611 e. The normalized spacial score (nSPS) is 26.3. The molecule has 1 aromatic rings. The second-order valence-corrected chi connectivity index (χ2v) is 7.78. The Labute approximate surface area is 140 Å². The van der Waals surface area contributed by atoms with Crippen molar-refractivity contribution in [1.29, 1.82) is 0 Å². The highest BCUT2D eigenvalue weighted by molar-refractivity contribution is 7.95. The predicted molar refractivity (Wildman–Crippen MR) is 86.5 cm³/mol. The summed E-state index contributed by atoms with van der Waals surface area (Å²) in [5.41, 5.74) is 5.94.